The predicted molar refractivity (Wildman–Crippen MR) is 124 cm³/mol. The topological polar surface area (TPSA) is 70.7 Å². The van der Waals surface area contributed by atoms with Gasteiger partial charge in [-0.2, -0.15) is 5.10 Å². The average Bonchev–Trinajstić information content (AvgIpc) is 3.45. The van der Waals surface area contributed by atoms with E-state index in [4.69, 9.17) is 9.47 Å². The van der Waals surface area contributed by atoms with Crippen LogP contribution in [0.5, 0.6) is 0 Å². The summed E-state index contributed by atoms with van der Waals surface area (Å²) in [5.41, 5.74) is 4.39. The summed E-state index contributed by atoms with van der Waals surface area (Å²) < 4.78 is 10.5. The number of fused-ring (bicyclic) bond motifs is 1. The number of benzene rings is 1. The Labute approximate surface area is 191 Å². The molecule has 1 aliphatic heterocycles. The van der Waals surface area contributed by atoms with Crippen LogP contribution < -0.4 is 0 Å². The number of methoxy groups -OCH3 is 1. The quantitative estimate of drug-likeness (QED) is 0.573. The van der Waals surface area contributed by atoms with Gasteiger partial charge in [-0.25, -0.2) is 4.79 Å². The highest BCUT2D eigenvalue weighted by molar-refractivity contribution is 5.88. The lowest BCUT2D eigenvalue weighted by atomic mass is 9.95. The van der Waals surface area contributed by atoms with Crippen molar-refractivity contribution >= 4 is 5.97 Å². The number of piperidine rings is 1. The molecule has 1 atom stereocenters. The van der Waals surface area contributed by atoms with Crippen LogP contribution in [0.15, 0.2) is 30.5 Å². The first kappa shape index (κ1) is 23.0. The van der Waals surface area contributed by atoms with Gasteiger partial charge in [-0.15, -0.1) is 0 Å². The van der Waals surface area contributed by atoms with Crippen LogP contribution in [0.1, 0.15) is 46.9 Å². The van der Waals surface area contributed by atoms with E-state index < -0.39 is 0 Å². The molecule has 1 saturated heterocycles. The molecule has 7 heteroatoms. The smallest absolute Gasteiger partial charge is 0.356 e. The highest BCUT2D eigenvalue weighted by atomic mass is 16.5. The second-order valence-corrected chi connectivity index (χ2v) is 9.05. The lowest BCUT2D eigenvalue weighted by molar-refractivity contribution is 0.0515. The molecule has 0 unspecified atom stereocenters. The minimum Gasteiger partial charge on any atom is -0.461 e. The van der Waals surface area contributed by atoms with E-state index in [1.165, 1.54) is 43.4 Å². The van der Waals surface area contributed by atoms with E-state index in [0.29, 0.717) is 37.4 Å². The Morgan fingerprint density at radius 2 is 2.06 bits per heavy atom. The van der Waals surface area contributed by atoms with E-state index in [0.717, 1.165) is 25.2 Å². The zero-order valence-corrected chi connectivity index (χ0v) is 19.4. The molecule has 1 N–H and O–H groups in total. The fourth-order valence-electron chi connectivity index (χ4n) is 5.24. The molecule has 174 valence electrons. The SMILES string of the molecule is CCOC(=O)c1[nH]ncc1CN(CCOC)C[C@H]1CCCN(C2Cc3ccccc3C2)C1. The molecule has 4 rings (SSSR count). The van der Waals surface area contributed by atoms with E-state index in [2.05, 4.69) is 44.3 Å². The third kappa shape index (κ3) is 5.57. The van der Waals surface area contributed by atoms with Gasteiger partial charge in [0, 0.05) is 44.9 Å². The van der Waals surface area contributed by atoms with E-state index >= 15 is 0 Å². The van der Waals surface area contributed by atoms with Crippen LogP contribution >= 0.6 is 0 Å². The molecule has 0 saturated carbocycles. The number of hydrogen-bond acceptors (Lipinski definition) is 6. The Morgan fingerprint density at radius 3 is 2.78 bits per heavy atom. The van der Waals surface area contributed by atoms with Crippen molar-refractivity contribution in [1.82, 2.24) is 20.0 Å². The molecule has 1 aliphatic carbocycles. The van der Waals surface area contributed by atoms with Crippen molar-refractivity contribution in [3.8, 4) is 0 Å². The minimum absolute atomic E-state index is 0.337. The molecule has 0 amide bonds. The number of esters is 1. The summed E-state index contributed by atoms with van der Waals surface area (Å²) in [5.74, 6) is 0.276. The van der Waals surface area contributed by atoms with Gasteiger partial charge in [0.05, 0.1) is 19.4 Å². The van der Waals surface area contributed by atoms with Gasteiger partial charge in [0.15, 0.2) is 0 Å². The van der Waals surface area contributed by atoms with Crippen LogP contribution in [0.2, 0.25) is 0 Å². The second kappa shape index (κ2) is 11.1. The lowest BCUT2D eigenvalue weighted by Gasteiger charge is -2.38. The number of hydrogen-bond donors (Lipinski definition) is 1. The maximum Gasteiger partial charge on any atom is 0.356 e. The van der Waals surface area contributed by atoms with Crippen molar-refractivity contribution in [3.05, 3.63) is 52.8 Å². The fraction of sp³-hybridized carbons (Fsp3) is 0.600. The highest BCUT2D eigenvalue weighted by Gasteiger charge is 2.31. The number of rotatable bonds is 10. The summed E-state index contributed by atoms with van der Waals surface area (Å²) in [6, 6.07) is 9.53. The van der Waals surface area contributed by atoms with Gasteiger partial charge in [-0.05, 0) is 56.2 Å². The maximum atomic E-state index is 12.3. The van der Waals surface area contributed by atoms with Gasteiger partial charge in [-0.1, -0.05) is 24.3 Å². The van der Waals surface area contributed by atoms with Gasteiger partial charge in [0.25, 0.3) is 0 Å². The van der Waals surface area contributed by atoms with Gasteiger partial charge >= 0.3 is 5.97 Å². The molecule has 2 heterocycles. The average molecular weight is 441 g/mol. The summed E-state index contributed by atoms with van der Waals surface area (Å²) in [4.78, 5) is 17.4. The number of carbonyl (C=O) groups is 1. The molecule has 32 heavy (non-hydrogen) atoms. The first-order valence-electron chi connectivity index (χ1n) is 11.9. The maximum absolute atomic E-state index is 12.3. The molecule has 2 aliphatic rings. The number of nitrogens with one attached hydrogen (secondary N) is 1. The molecule has 1 aromatic carbocycles. The van der Waals surface area contributed by atoms with Crippen molar-refractivity contribution in [1.29, 1.82) is 0 Å². The summed E-state index contributed by atoms with van der Waals surface area (Å²) in [6.07, 6.45) is 6.59. The van der Waals surface area contributed by atoms with E-state index in [1.807, 2.05) is 6.92 Å². The molecule has 7 nitrogen and oxygen atoms in total. The number of likely N-dealkylation sites (tertiary alicyclic amines) is 1. The van der Waals surface area contributed by atoms with Crippen LogP contribution in [0.4, 0.5) is 0 Å². The van der Waals surface area contributed by atoms with Crippen molar-refractivity contribution in [2.45, 2.75) is 45.2 Å². The molecule has 0 bridgehead atoms. The number of nitrogens with zero attached hydrogens (tertiary/aromatic N) is 3. The van der Waals surface area contributed by atoms with E-state index in [1.54, 1.807) is 13.3 Å². The lowest BCUT2D eigenvalue weighted by Crippen LogP contribution is -2.46. The van der Waals surface area contributed by atoms with Crippen molar-refractivity contribution in [3.63, 3.8) is 0 Å². The Balaban J connectivity index is 1.37. The van der Waals surface area contributed by atoms with E-state index in [9.17, 15) is 4.79 Å². The monoisotopic (exact) mass is 440 g/mol. The summed E-state index contributed by atoms with van der Waals surface area (Å²) >= 11 is 0. The molecular formula is C25H36N4O3. The molecule has 0 spiro atoms. The summed E-state index contributed by atoms with van der Waals surface area (Å²) in [7, 11) is 1.74. The van der Waals surface area contributed by atoms with Crippen molar-refractivity contribution in [2.75, 3.05) is 46.5 Å². The summed E-state index contributed by atoms with van der Waals surface area (Å²) in [5, 5.41) is 6.92. The van der Waals surface area contributed by atoms with Crippen LogP contribution in [-0.2, 0) is 28.9 Å². The Morgan fingerprint density at radius 1 is 1.28 bits per heavy atom. The largest absolute Gasteiger partial charge is 0.461 e. The van der Waals surface area contributed by atoms with Gasteiger partial charge in [0.2, 0.25) is 0 Å². The van der Waals surface area contributed by atoms with Crippen molar-refractivity contribution < 1.29 is 14.3 Å². The fourth-order valence-corrected chi connectivity index (χ4v) is 5.24. The standard InChI is InChI=1S/C25H36N4O3/c1-3-32-25(30)24-22(15-26-27-24)18-28(11-12-31-2)16-19-7-6-10-29(17-19)23-13-20-8-4-5-9-21(20)14-23/h4-5,8-9,15,19,23H,3,6-7,10-14,16-18H2,1-2H3,(H,26,27)/t19-/m1/s1. The van der Waals surface area contributed by atoms with Crippen molar-refractivity contribution in [2.24, 2.45) is 5.92 Å². The predicted octanol–water partition coefficient (Wildman–Crippen LogP) is 2.91. The van der Waals surface area contributed by atoms with Crippen LogP contribution in [0.25, 0.3) is 0 Å². The highest BCUT2D eigenvalue weighted by Crippen LogP contribution is 2.29. The normalized spacial score (nSPS) is 19.4. The zero-order valence-electron chi connectivity index (χ0n) is 19.4. The first-order valence-corrected chi connectivity index (χ1v) is 11.9. The van der Waals surface area contributed by atoms with Gasteiger partial charge < -0.3 is 9.47 Å². The van der Waals surface area contributed by atoms with E-state index in [-0.39, 0.29) is 5.97 Å². The van der Waals surface area contributed by atoms with Crippen LogP contribution in [0.3, 0.4) is 0 Å². The number of aromatic nitrogens is 2. The third-order valence-corrected chi connectivity index (χ3v) is 6.82. The number of H-pyrrole nitrogens is 1. The second-order valence-electron chi connectivity index (χ2n) is 9.05. The number of ether oxygens (including phenoxy) is 2. The molecular weight excluding hydrogens is 404 g/mol. The molecule has 1 aromatic heterocycles. The third-order valence-electron chi connectivity index (χ3n) is 6.82. The Kier molecular flexibility index (Phi) is 7.95. The molecule has 0 radical (unpaired) electrons. The Hall–Kier alpha value is -2.22. The first-order chi connectivity index (χ1) is 15.7. The number of aromatic amines is 1. The molecule has 1 fully saturated rings. The van der Waals surface area contributed by atoms with Crippen LogP contribution in [-0.4, -0.2) is 78.5 Å². The van der Waals surface area contributed by atoms with Crippen LogP contribution in [0, 0.1) is 5.92 Å². The minimum atomic E-state index is -0.337. The number of carbonyl (C=O) groups excluding carboxylic acids is 1. The van der Waals surface area contributed by atoms with Gasteiger partial charge in [0.1, 0.15) is 5.69 Å². The summed E-state index contributed by atoms with van der Waals surface area (Å²) in [6.45, 7) is 7.66. The zero-order chi connectivity index (χ0) is 22.3. The van der Waals surface area contributed by atoms with Gasteiger partial charge in [-0.3, -0.25) is 14.9 Å². The Bertz CT molecular complexity index is 859. The molecule has 2 aromatic rings.